The lowest BCUT2D eigenvalue weighted by molar-refractivity contribution is -0.136. The van der Waals surface area contributed by atoms with Gasteiger partial charge in [-0.2, -0.15) is 0 Å². The van der Waals surface area contributed by atoms with E-state index in [1.54, 1.807) is 0 Å². The van der Waals surface area contributed by atoms with Crippen LogP contribution in [0.2, 0.25) is 0 Å². The van der Waals surface area contributed by atoms with Crippen molar-refractivity contribution in [3.8, 4) is 0 Å². The normalized spacial score (nSPS) is 18.0. The number of carbonyl (C=O) groups excluding carboxylic acids is 1. The minimum Gasteiger partial charge on any atom is -0.342 e. The minimum atomic E-state index is -0.0316. The lowest BCUT2D eigenvalue weighted by Gasteiger charge is -2.33. The van der Waals surface area contributed by atoms with E-state index in [9.17, 15) is 4.79 Å². The van der Waals surface area contributed by atoms with Crippen LogP contribution in [0.25, 0.3) is 0 Å². The Morgan fingerprint density at radius 1 is 1.30 bits per heavy atom. The molecular weight excluding hydrogens is 248 g/mol. The third-order valence-electron chi connectivity index (χ3n) is 4.39. The zero-order valence-corrected chi connectivity index (χ0v) is 12.4. The molecule has 1 aromatic rings. The van der Waals surface area contributed by atoms with Gasteiger partial charge in [0.15, 0.2) is 0 Å². The molecule has 20 heavy (non-hydrogen) atoms. The van der Waals surface area contributed by atoms with Gasteiger partial charge in [-0.3, -0.25) is 4.79 Å². The van der Waals surface area contributed by atoms with Crippen molar-refractivity contribution in [1.82, 2.24) is 4.90 Å². The monoisotopic (exact) mass is 274 g/mol. The summed E-state index contributed by atoms with van der Waals surface area (Å²) in [5, 5.41) is 0. The van der Waals surface area contributed by atoms with E-state index in [2.05, 4.69) is 30.3 Å². The second kappa shape index (κ2) is 7.44. The zero-order chi connectivity index (χ0) is 14.4. The molecule has 1 unspecified atom stereocenters. The second-order valence-corrected chi connectivity index (χ2v) is 5.93. The summed E-state index contributed by atoms with van der Waals surface area (Å²) in [6, 6.07) is 10.7. The molecular formula is C17H26N2O. The van der Waals surface area contributed by atoms with Crippen LogP contribution in [-0.2, 0) is 11.2 Å². The maximum atomic E-state index is 12.1. The molecule has 3 nitrogen and oxygen atoms in total. The van der Waals surface area contributed by atoms with Gasteiger partial charge >= 0.3 is 0 Å². The molecule has 2 N–H and O–H groups in total. The van der Waals surface area contributed by atoms with Crippen LogP contribution in [0, 0.1) is 11.8 Å². The van der Waals surface area contributed by atoms with Gasteiger partial charge in [-0.1, -0.05) is 37.3 Å². The lowest BCUT2D eigenvalue weighted by Crippen LogP contribution is -2.42. The molecule has 1 aliphatic rings. The molecule has 0 bridgehead atoms. The van der Waals surface area contributed by atoms with Crippen molar-refractivity contribution in [2.75, 3.05) is 19.6 Å². The summed E-state index contributed by atoms with van der Waals surface area (Å²) in [5.41, 5.74) is 6.99. The number of amides is 1. The summed E-state index contributed by atoms with van der Waals surface area (Å²) >= 11 is 0. The van der Waals surface area contributed by atoms with Crippen molar-refractivity contribution in [3.63, 3.8) is 0 Å². The lowest BCUT2D eigenvalue weighted by atomic mass is 9.90. The van der Waals surface area contributed by atoms with Crippen LogP contribution in [0.3, 0.4) is 0 Å². The van der Waals surface area contributed by atoms with Crippen molar-refractivity contribution in [3.05, 3.63) is 35.9 Å². The van der Waals surface area contributed by atoms with Crippen LogP contribution >= 0.6 is 0 Å². The van der Waals surface area contributed by atoms with Crippen molar-refractivity contribution in [1.29, 1.82) is 0 Å². The SMILES string of the molecule is CC(CN)C(=O)N1CCC(CCc2ccccc2)CC1. The molecule has 1 saturated heterocycles. The molecule has 3 heteroatoms. The zero-order valence-electron chi connectivity index (χ0n) is 12.4. The van der Waals surface area contributed by atoms with Crippen LogP contribution in [0.15, 0.2) is 30.3 Å². The molecule has 1 amide bonds. The van der Waals surface area contributed by atoms with Crippen molar-refractivity contribution >= 4 is 5.91 Å². The highest BCUT2D eigenvalue weighted by Crippen LogP contribution is 2.23. The Kier molecular flexibility index (Phi) is 5.60. The van der Waals surface area contributed by atoms with Gasteiger partial charge in [0.05, 0.1) is 0 Å². The van der Waals surface area contributed by atoms with E-state index in [0.29, 0.717) is 6.54 Å². The van der Waals surface area contributed by atoms with E-state index in [1.807, 2.05) is 11.8 Å². The summed E-state index contributed by atoms with van der Waals surface area (Å²) < 4.78 is 0. The Morgan fingerprint density at radius 3 is 2.55 bits per heavy atom. The number of hydrogen-bond donors (Lipinski definition) is 1. The molecule has 1 aliphatic heterocycles. The van der Waals surface area contributed by atoms with E-state index in [4.69, 9.17) is 5.73 Å². The maximum absolute atomic E-state index is 12.1. The van der Waals surface area contributed by atoms with Crippen molar-refractivity contribution in [2.24, 2.45) is 17.6 Å². The van der Waals surface area contributed by atoms with Crippen LogP contribution in [0.1, 0.15) is 31.7 Å². The highest BCUT2D eigenvalue weighted by Gasteiger charge is 2.25. The molecule has 1 fully saturated rings. The fourth-order valence-corrected chi connectivity index (χ4v) is 2.87. The Hall–Kier alpha value is -1.35. The molecule has 0 spiro atoms. The van der Waals surface area contributed by atoms with E-state index in [1.165, 1.54) is 12.0 Å². The molecule has 0 aliphatic carbocycles. The molecule has 0 aromatic heterocycles. The maximum Gasteiger partial charge on any atom is 0.226 e. The number of nitrogens with two attached hydrogens (primary N) is 1. The smallest absolute Gasteiger partial charge is 0.226 e. The summed E-state index contributed by atoms with van der Waals surface area (Å²) in [7, 11) is 0. The quantitative estimate of drug-likeness (QED) is 0.896. The molecule has 0 radical (unpaired) electrons. The van der Waals surface area contributed by atoms with Crippen LogP contribution in [-0.4, -0.2) is 30.4 Å². The summed E-state index contributed by atoms with van der Waals surface area (Å²) in [4.78, 5) is 14.1. The Labute approximate surface area is 122 Å². The highest BCUT2D eigenvalue weighted by molar-refractivity contribution is 5.78. The number of nitrogens with zero attached hydrogens (tertiary/aromatic N) is 1. The van der Waals surface area contributed by atoms with Gasteiger partial charge in [-0.15, -0.1) is 0 Å². The predicted molar refractivity (Wildman–Crippen MR) is 82.3 cm³/mol. The first-order valence-corrected chi connectivity index (χ1v) is 7.73. The van der Waals surface area contributed by atoms with Gasteiger partial charge in [-0.05, 0) is 37.2 Å². The molecule has 2 rings (SSSR count). The number of carbonyl (C=O) groups is 1. The first-order valence-electron chi connectivity index (χ1n) is 7.73. The predicted octanol–water partition coefficient (Wildman–Crippen LogP) is 2.45. The third kappa shape index (κ3) is 4.07. The van der Waals surface area contributed by atoms with E-state index in [0.717, 1.165) is 38.3 Å². The van der Waals surface area contributed by atoms with Crippen molar-refractivity contribution in [2.45, 2.75) is 32.6 Å². The van der Waals surface area contributed by atoms with Gasteiger partial charge in [0.25, 0.3) is 0 Å². The fraction of sp³-hybridized carbons (Fsp3) is 0.588. The van der Waals surface area contributed by atoms with E-state index >= 15 is 0 Å². The van der Waals surface area contributed by atoms with Crippen molar-refractivity contribution < 1.29 is 4.79 Å². The molecule has 1 atom stereocenters. The molecule has 0 saturated carbocycles. The van der Waals surface area contributed by atoms with E-state index < -0.39 is 0 Å². The van der Waals surface area contributed by atoms with Gasteiger partial charge < -0.3 is 10.6 Å². The minimum absolute atomic E-state index is 0.0316. The van der Waals surface area contributed by atoms with Crippen LogP contribution < -0.4 is 5.73 Å². The van der Waals surface area contributed by atoms with E-state index in [-0.39, 0.29) is 11.8 Å². The van der Waals surface area contributed by atoms with Gasteiger partial charge in [0, 0.05) is 25.6 Å². The Morgan fingerprint density at radius 2 is 1.95 bits per heavy atom. The summed E-state index contributed by atoms with van der Waals surface area (Å²) in [5.74, 6) is 0.956. The highest BCUT2D eigenvalue weighted by atomic mass is 16.2. The van der Waals surface area contributed by atoms with Crippen LogP contribution in [0.4, 0.5) is 0 Å². The number of rotatable bonds is 5. The average Bonchev–Trinajstić information content (AvgIpc) is 2.53. The molecule has 1 heterocycles. The van der Waals surface area contributed by atoms with Gasteiger partial charge in [0.1, 0.15) is 0 Å². The average molecular weight is 274 g/mol. The number of aryl methyl sites for hydroxylation is 1. The second-order valence-electron chi connectivity index (χ2n) is 5.93. The number of piperidine rings is 1. The Balaban J connectivity index is 1.73. The van der Waals surface area contributed by atoms with Crippen LogP contribution in [0.5, 0.6) is 0 Å². The number of likely N-dealkylation sites (tertiary alicyclic amines) is 1. The van der Waals surface area contributed by atoms with Gasteiger partial charge in [0.2, 0.25) is 5.91 Å². The first-order chi connectivity index (χ1) is 9.70. The number of benzene rings is 1. The fourth-order valence-electron chi connectivity index (χ4n) is 2.87. The Bertz CT molecular complexity index is 410. The molecule has 1 aromatic carbocycles. The summed E-state index contributed by atoms with van der Waals surface area (Å²) in [6.45, 7) is 4.18. The largest absolute Gasteiger partial charge is 0.342 e. The van der Waals surface area contributed by atoms with Gasteiger partial charge in [-0.25, -0.2) is 0 Å². The molecule has 110 valence electrons. The summed E-state index contributed by atoms with van der Waals surface area (Å²) in [6.07, 6.45) is 4.66. The number of hydrogen-bond acceptors (Lipinski definition) is 2. The topological polar surface area (TPSA) is 46.3 Å². The first kappa shape index (κ1) is 15.0. The third-order valence-corrected chi connectivity index (χ3v) is 4.39. The standard InChI is InChI=1S/C17H26N2O/c1-14(13-18)17(20)19-11-9-16(10-12-19)8-7-15-5-3-2-4-6-15/h2-6,14,16H,7-13,18H2,1H3.